The molecule has 0 rings (SSSR count). The summed E-state index contributed by atoms with van der Waals surface area (Å²) in [6.07, 6.45) is 101. The molecule has 0 aromatic carbocycles. The average molecular weight is 1240 g/mol. The van der Waals surface area contributed by atoms with Crippen LogP contribution >= 0.6 is 0 Å². The molecule has 0 saturated heterocycles. The third kappa shape index (κ3) is 73.1. The summed E-state index contributed by atoms with van der Waals surface area (Å²) in [6.45, 7) is 4.95. The number of allylic oxidation sites excluding steroid dienone is 5. The number of rotatable bonds is 76. The Morgan fingerprint density at radius 2 is 0.534 bits per heavy atom. The number of aliphatic hydroxyl groups is 2. The van der Waals surface area contributed by atoms with E-state index in [0.717, 1.165) is 44.9 Å². The highest BCUT2D eigenvalue weighted by Gasteiger charge is 2.18. The fourth-order valence-electron chi connectivity index (χ4n) is 12.7. The summed E-state index contributed by atoms with van der Waals surface area (Å²) in [5.41, 5.74) is 0. The predicted octanol–water partition coefficient (Wildman–Crippen LogP) is 26.6. The first kappa shape index (κ1) is 86.1. The van der Waals surface area contributed by atoms with Crippen LogP contribution < -0.4 is 5.32 Å². The number of amides is 1. The predicted molar refractivity (Wildman–Crippen MR) is 389 cm³/mol. The van der Waals surface area contributed by atoms with E-state index in [-0.39, 0.29) is 18.5 Å². The van der Waals surface area contributed by atoms with Crippen LogP contribution in [0.1, 0.15) is 450 Å². The van der Waals surface area contributed by atoms with Crippen LogP contribution in [0.3, 0.4) is 0 Å². The number of hydrogen-bond acceptors (Lipinski definition) is 5. The molecule has 0 aliphatic carbocycles. The summed E-state index contributed by atoms with van der Waals surface area (Å²) in [4.78, 5) is 24.7. The third-order valence-electron chi connectivity index (χ3n) is 18.9. The fraction of sp³-hybridized carbons (Fsp3) is 0.902. The second kappa shape index (κ2) is 77.5. The highest BCUT2D eigenvalue weighted by molar-refractivity contribution is 5.76. The number of esters is 1. The number of carbonyl (C=O) groups is 2. The van der Waals surface area contributed by atoms with Crippen molar-refractivity contribution >= 4 is 11.9 Å². The molecule has 0 bridgehead atoms. The standard InChI is InChI=1S/C82H157NO5/c1-3-5-7-9-11-13-15-17-19-21-22-23-36-39-43-46-50-54-58-62-66-70-74-80(85)79(78-84)83-81(86)75-71-67-63-59-55-51-47-44-40-37-34-32-30-28-26-24-25-27-29-31-33-35-38-41-45-49-53-57-61-65-69-73-77-88-82(87)76-72-68-64-60-56-52-48-42-20-18-16-14-12-10-8-6-4-2/h18,20,27,29,70,74,79-80,84-85H,3-17,19,21-26,28,30-69,71-73,75-78H2,1-2H3,(H,83,86)/b20-18-,29-27-,74-70+. The second-order valence-corrected chi connectivity index (χ2v) is 27.7. The molecule has 0 aromatic heterocycles. The summed E-state index contributed by atoms with van der Waals surface area (Å²) in [7, 11) is 0. The van der Waals surface area contributed by atoms with Crippen LogP contribution in [0.4, 0.5) is 0 Å². The molecule has 6 nitrogen and oxygen atoms in total. The number of nitrogens with one attached hydrogen (secondary N) is 1. The Morgan fingerprint density at radius 1 is 0.307 bits per heavy atom. The van der Waals surface area contributed by atoms with Crippen LogP contribution in [0.25, 0.3) is 0 Å². The van der Waals surface area contributed by atoms with E-state index in [1.54, 1.807) is 6.08 Å². The van der Waals surface area contributed by atoms with Crippen molar-refractivity contribution in [1.82, 2.24) is 5.32 Å². The lowest BCUT2D eigenvalue weighted by atomic mass is 10.0. The molecule has 0 heterocycles. The van der Waals surface area contributed by atoms with Gasteiger partial charge in [-0.2, -0.15) is 0 Å². The van der Waals surface area contributed by atoms with Crippen molar-refractivity contribution < 1.29 is 24.5 Å². The van der Waals surface area contributed by atoms with E-state index >= 15 is 0 Å². The van der Waals surface area contributed by atoms with E-state index in [9.17, 15) is 19.8 Å². The van der Waals surface area contributed by atoms with Crippen molar-refractivity contribution in [2.45, 2.75) is 463 Å². The van der Waals surface area contributed by atoms with Gasteiger partial charge in [0, 0.05) is 12.8 Å². The molecule has 6 heteroatoms. The summed E-state index contributed by atoms with van der Waals surface area (Å²) in [6, 6.07) is -0.627. The molecule has 3 N–H and O–H groups in total. The van der Waals surface area contributed by atoms with E-state index in [2.05, 4.69) is 43.5 Å². The topological polar surface area (TPSA) is 95.9 Å². The molecule has 2 unspecified atom stereocenters. The maximum Gasteiger partial charge on any atom is 0.305 e. The number of hydrogen-bond donors (Lipinski definition) is 3. The van der Waals surface area contributed by atoms with Gasteiger partial charge in [0.1, 0.15) is 0 Å². The van der Waals surface area contributed by atoms with Gasteiger partial charge in [0.2, 0.25) is 5.91 Å². The van der Waals surface area contributed by atoms with Crippen LogP contribution in [-0.2, 0) is 14.3 Å². The zero-order valence-electron chi connectivity index (χ0n) is 59.7. The van der Waals surface area contributed by atoms with Gasteiger partial charge in [0.25, 0.3) is 0 Å². The summed E-state index contributed by atoms with van der Waals surface area (Å²) in [5, 5.41) is 23.3. The van der Waals surface area contributed by atoms with Gasteiger partial charge < -0.3 is 20.3 Å². The van der Waals surface area contributed by atoms with Crippen LogP contribution in [0.5, 0.6) is 0 Å². The Kier molecular flexibility index (Phi) is 75.8. The highest BCUT2D eigenvalue weighted by Crippen LogP contribution is 2.20. The Hall–Kier alpha value is -1.92. The third-order valence-corrected chi connectivity index (χ3v) is 18.9. The average Bonchev–Trinajstić information content (AvgIpc) is 3.58. The van der Waals surface area contributed by atoms with Crippen LogP contribution in [0.2, 0.25) is 0 Å². The monoisotopic (exact) mass is 1240 g/mol. The molecular formula is C82H157NO5. The van der Waals surface area contributed by atoms with Crippen LogP contribution in [-0.4, -0.2) is 47.4 Å². The molecule has 0 aliphatic rings. The Morgan fingerprint density at radius 3 is 0.807 bits per heavy atom. The van der Waals surface area contributed by atoms with E-state index in [1.807, 2.05) is 6.08 Å². The number of unbranched alkanes of at least 4 members (excludes halogenated alkanes) is 61. The maximum atomic E-state index is 12.5. The molecule has 0 radical (unpaired) electrons. The molecule has 1 amide bonds. The zero-order valence-corrected chi connectivity index (χ0v) is 59.7. The second-order valence-electron chi connectivity index (χ2n) is 27.7. The van der Waals surface area contributed by atoms with E-state index in [0.29, 0.717) is 19.4 Å². The summed E-state index contributed by atoms with van der Waals surface area (Å²) < 4.78 is 5.51. The number of ether oxygens (including phenoxy) is 1. The first-order chi connectivity index (χ1) is 43.5. The van der Waals surface area contributed by atoms with Crippen molar-refractivity contribution in [2.24, 2.45) is 0 Å². The Bertz CT molecular complexity index is 1430. The Balaban J connectivity index is 3.37. The van der Waals surface area contributed by atoms with Gasteiger partial charge in [-0.25, -0.2) is 0 Å². The molecule has 0 aromatic rings. The lowest BCUT2D eigenvalue weighted by Crippen LogP contribution is -2.45. The molecule has 0 saturated carbocycles. The molecule has 520 valence electrons. The number of aliphatic hydroxyl groups excluding tert-OH is 2. The summed E-state index contributed by atoms with van der Waals surface area (Å²) >= 11 is 0. The van der Waals surface area contributed by atoms with E-state index in [4.69, 9.17) is 4.74 Å². The van der Waals surface area contributed by atoms with Gasteiger partial charge >= 0.3 is 5.97 Å². The van der Waals surface area contributed by atoms with Gasteiger partial charge in [-0.15, -0.1) is 0 Å². The first-order valence-electron chi connectivity index (χ1n) is 40.3. The molecule has 0 fully saturated rings. The lowest BCUT2D eigenvalue weighted by Gasteiger charge is -2.20. The highest BCUT2D eigenvalue weighted by atomic mass is 16.5. The van der Waals surface area contributed by atoms with Crippen molar-refractivity contribution in [3.05, 3.63) is 36.5 Å². The minimum atomic E-state index is -0.844. The van der Waals surface area contributed by atoms with Crippen molar-refractivity contribution in [1.29, 1.82) is 0 Å². The fourth-order valence-corrected chi connectivity index (χ4v) is 12.7. The van der Waals surface area contributed by atoms with Crippen LogP contribution in [0.15, 0.2) is 36.5 Å². The summed E-state index contributed by atoms with van der Waals surface area (Å²) in [5.74, 6) is -0.0452. The SMILES string of the molecule is CCCCCCCC/C=C\CCCCCCCCCC(=O)OCCCCCCCCCCCCCC/C=C\CCCCCCCCCCCCCCCCCCC(=O)NC(CO)C(O)/C=C/CCCCCCCCCCCCCCCCCCCCCC. The van der Waals surface area contributed by atoms with Crippen molar-refractivity contribution in [3.63, 3.8) is 0 Å². The van der Waals surface area contributed by atoms with Crippen molar-refractivity contribution in [3.8, 4) is 0 Å². The molecule has 0 spiro atoms. The quantitative estimate of drug-likeness (QED) is 0.0320. The molecule has 88 heavy (non-hydrogen) atoms. The van der Waals surface area contributed by atoms with Gasteiger partial charge in [0.15, 0.2) is 0 Å². The number of carbonyl (C=O) groups excluding carboxylic acids is 2. The van der Waals surface area contributed by atoms with Crippen molar-refractivity contribution in [2.75, 3.05) is 13.2 Å². The minimum absolute atomic E-state index is 0.0154. The molecule has 2 atom stereocenters. The maximum absolute atomic E-state index is 12.5. The van der Waals surface area contributed by atoms with Gasteiger partial charge in [-0.1, -0.05) is 391 Å². The first-order valence-corrected chi connectivity index (χ1v) is 40.3. The Labute approximate surface area is 551 Å². The zero-order chi connectivity index (χ0) is 63.5. The van der Waals surface area contributed by atoms with E-state index < -0.39 is 12.1 Å². The van der Waals surface area contributed by atoms with Gasteiger partial charge in [0.05, 0.1) is 25.4 Å². The largest absolute Gasteiger partial charge is 0.466 e. The lowest BCUT2D eigenvalue weighted by molar-refractivity contribution is -0.143. The van der Waals surface area contributed by atoms with Crippen LogP contribution in [0, 0.1) is 0 Å². The van der Waals surface area contributed by atoms with Gasteiger partial charge in [-0.05, 0) is 83.5 Å². The van der Waals surface area contributed by atoms with E-state index in [1.165, 1.54) is 379 Å². The molecular weight excluding hydrogens is 1080 g/mol. The minimum Gasteiger partial charge on any atom is -0.466 e. The van der Waals surface area contributed by atoms with Gasteiger partial charge in [-0.3, -0.25) is 9.59 Å². The smallest absolute Gasteiger partial charge is 0.305 e. The normalized spacial score (nSPS) is 12.6. The molecule has 0 aliphatic heterocycles.